The fourth-order valence-corrected chi connectivity index (χ4v) is 2.50. The van der Waals surface area contributed by atoms with Crippen molar-refractivity contribution in [2.75, 3.05) is 17.3 Å². The Morgan fingerprint density at radius 2 is 1.78 bits per heavy atom. The van der Waals surface area contributed by atoms with Crippen LogP contribution in [0.4, 0.5) is 0 Å². The van der Waals surface area contributed by atoms with Gasteiger partial charge in [0.15, 0.2) is 0 Å². The molecule has 3 heteroatoms. The topological polar surface area (TPSA) is 20.2 Å². The van der Waals surface area contributed by atoms with Gasteiger partial charge in [0.05, 0.1) is 6.61 Å². The highest BCUT2D eigenvalue weighted by Gasteiger charge is 2.23. The molecule has 0 aromatic rings. The van der Waals surface area contributed by atoms with Gasteiger partial charge in [0, 0.05) is 16.1 Å². The zero-order valence-corrected chi connectivity index (χ0v) is 8.70. The second-order valence-electron chi connectivity index (χ2n) is 2.28. The maximum absolute atomic E-state index is 8.92. The summed E-state index contributed by atoms with van der Waals surface area (Å²) in [5.74, 6) is 0. The highest BCUT2D eigenvalue weighted by atomic mass is 79.9. The molecular formula is C6H12Br2O. The fraction of sp³-hybridized carbons (Fsp3) is 1.00. The first-order valence-electron chi connectivity index (χ1n) is 2.97. The minimum absolute atomic E-state index is 0.0556. The molecule has 0 amide bonds. The molecule has 9 heavy (non-hydrogen) atoms. The van der Waals surface area contributed by atoms with Gasteiger partial charge < -0.3 is 5.11 Å². The minimum Gasteiger partial charge on any atom is -0.396 e. The molecule has 0 bridgehead atoms. The Morgan fingerprint density at radius 1 is 1.33 bits per heavy atom. The number of rotatable bonds is 4. The molecule has 0 heterocycles. The molecule has 0 saturated heterocycles. The first-order valence-corrected chi connectivity index (χ1v) is 5.22. The minimum atomic E-state index is 0.0556. The lowest BCUT2D eigenvalue weighted by Crippen LogP contribution is -2.28. The van der Waals surface area contributed by atoms with Gasteiger partial charge in [-0.1, -0.05) is 38.8 Å². The normalized spacial score (nSPS) is 12.0. The summed E-state index contributed by atoms with van der Waals surface area (Å²) in [6, 6.07) is 0. The van der Waals surface area contributed by atoms with E-state index in [0.717, 1.165) is 17.1 Å². The molecule has 0 aromatic carbocycles. The maximum Gasteiger partial charge on any atom is 0.0503 e. The number of aliphatic hydroxyl groups excluding tert-OH is 1. The lowest BCUT2D eigenvalue weighted by Gasteiger charge is -2.24. The van der Waals surface area contributed by atoms with Gasteiger partial charge in [0.1, 0.15) is 0 Å². The molecule has 0 radical (unpaired) electrons. The van der Waals surface area contributed by atoms with Crippen molar-refractivity contribution in [3.05, 3.63) is 0 Å². The second kappa shape index (κ2) is 4.69. The fourth-order valence-electron chi connectivity index (χ4n) is 0.421. The molecule has 0 unspecified atom stereocenters. The maximum atomic E-state index is 8.92. The Balaban J connectivity index is 3.82. The number of hydrogen-bond acceptors (Lipinski definition) is 1. The van der Waals surface area contributed by atoms with Crippen LogP contribution in [0.15, 0.2) is 0 Å². The van der Waals surface area contributed by atoms with E-state index in [0.29, 0.717) is 0 Å². The first kappa shape index (κ1) is 9.92. The van der Waals surface area contributed by atoms with Crippen molar-refractivity contribution >= 4 is 31.9 Å². The highest BCUT2D eigenvalue weighted by molar-refractivity contribution is 9.09. The Morgan fingerprint density at radius 3 is 1.78 bits per heavy atom. The quantitative estimate of drug-likeness (QED) is 0.768. The van der Waals surface area contributed by atoms with Crippen LogP contribution in [0.1, 0.15) is 13.3 Å². The Labute approximate surface area is 73.1 Å². The first-order chi connectivity index (χ1) is 4.24. The van der Waals surface area contributed by atoms with Crippen LogP contribution in [-0.2, 0) is 0 Å². The van der Waals surface area contributed by atoms with Crippen LogP contribution < -0.4 is 0 Å². The van der Waals surface area contributed by atoms with Gasteiger partial charge in [-0.3, -0.25) is 0 Å². The van der Waals surface area contributed by atoms with Crippen LogP contribution >= 0.6 is 31.9 Å². The van der Waals surface area contributed by atoms with Gasteiger partial charge in [-0.25, -0.2) is 0 Å². The molecule has 0 rings (SSSR count). The van der Waals surface area contributed by atoms with Crippen LogP contribution in [0.5, 0.6) is 0 Å². The van der Waals surface area contributed by atoms with Gasteiger partial charge in [-0.05, 0) is 6.42 Å². The van der Waals surface area contributed by atoms with Crippen LogP contribution in [0.25, 0.3) is 0 Å². The molecule has 0 aliphatic heterocycles. The smallest absolute Gasteiger partial charge is 0.0503 e. The molecule has 0 fully saturated rings. The zero-order valence-electron chi connectivity index (χ0n) is 5.53. The molecule has 1 N–H and O–H groups in total. The summed E-state index contributed by atoms with van der Waals surface area (Å²) in [6.07, 6.45) is 1.00. The number of aliphatic hydroxyl groups is 1. The van der Waals surface area contributed by atoms with Gasteiger partial charge in [0.2, 0.25) is 0 Å². The lowest BCUT2D eigenvalue weighted by atomic mass is 9.92. The summed E-state index contributed by atoms with van der Waals surface area (Å²) < 4.78 is 0. The van der Waals surface area contributed by atoms with Gasteiger partial charge in [-0.15, -0.1) is 0 Å². The van der Waals surface area contributed by atoms with Crippen molar-refractivity contribution in [2.24, 2.45) is 5.41 Å². The van der Waals surface area contributed by atoms with Crippen LogP contribution in [0, 0.1) is 5.41 Å². The Bertz CT molecular complexity index is 53.9. The summed E-state index contributed by atoms with van der Waals surface area (Å²) in [7, 11) is 0. The third kappa shape index (κ3) is 2.56. The van der Waals surface area contributed by atoms with Crippen LogP contribution in [-0.4, -0.2) is 22.4 Å². The molecule has 0 spiro atoms. The van der Waals surface area contributed by atoms with Crippen molar-refractivity contribution in [1.82, 2.24) is 0 Å². The largest absolute Gasteiger partial charge is 0.396 e. The third-order valence-corrected chi connectivity index (χ3v) is 4.03. The highest BCUT2D eigenvalue weighted by Crippen LogP contribution is 2.25. The van der Waals surface area contributed by atoms with Gasteiger partial charge >= 0.3 is 0 Å². The molecule has 0 atom stereocenters. The summed E-state index contributed by atoms with van der Waals surface area (Å²) in [6.45, 7) is 2.33. The van der Waals surface area contributed by atoms with E-state index in [1.807, 2.05) is 0 Å². The predicted molar refractivity (Wildman–Crippen MR) is 47.4 cm³/mol. The Kier molecular flexibility index (Phi) is 5.17. The van der Waals surface area contributed by atoms with Crippen molar-refractivity contribution in [3.8, 4) is 0 Å². The molecular weight excluding hydrogens is 248 g/mol. The summed E-state index contributed by atoms with van der Waals surface area (Å²) in [5, 5.41) is 10.6. The molecule has 0 aromatic heterocycles. The molecule has 1 nitrogen and oxygen atoms in total. The SMILES string of the molecule is CCC(CO)(CBr)CBr. The van der Waals surface area contributed by atoms with Gasteiger partial charge in [-0.2, -0.15) is 0 Å². The van der Waals surface area contributed by atoms with E-state index in [1.165, 1.54) is 0 Å². The summed E-state index contributed by atoms with van der Waals surface area (Å²) in [4.78, 5) is 0. The Hall–Kier alpha value is 0.920. The summed E-state index contributed by atoms with van der Waals surface area (Å²) in [5.41, 5.74) is 0.0556. The van der Waals surface area contributed by atoms with E-state index in [-0.39, 0.29) is 12.0 Å². The van der Waals surface area contributed by atoms with Crippen molar-refractivity contribution in [2.45, 2.75) is 13.3 Å². The molecule has 56 valence electrons. The summed E-state index contributed by atoms with van der Waals surface area (Å²) >= 11 is 6.73. The van der Waals surface area contributed by atoms with E-state index < -0.39 is 0 Å². The van der Waals surface area contributed by atoms with E-state index in [2.05, 4.69) is 38.8 Å². The van der Waals surface area contributed by atoms with E-state index in [9.17, 15) is 0 Å². The van der Waals surface area contributed by atoms with E-state index >= 15 is 0 Å². The molecule has 0 aliphatic carbocycles. The van der Waals surface area contributed by atoms with Crippen molar-refractivity contribution in [1.29, 1.82) is 0 Å². The number of alkyl halides is 2. The number of hydrogen-bond donors (Lipinski definition) is 1. The van der Waals surface area contributed by atoms with E-state index in [4.69, 9.17) is 5.11 Å². The van der Waals surface area contributed by atoms with Crippen molar-refractivity contribution < 1.29 is 5.11 Å². The average Bonchev–Trinajstić information content (AvgIpc) is 1.95. The predicted octanol–water partition coefficient (Wildman–Crippen LogP) is 2.16. The molecule has 0 saturated carbocycles. The third-order valence-electron chi connectivity index (χ3n) is 1.65. The van der Waals surface area contributed by atoms with Gasteiger partial charge in [0.25, 0.3) is 0 Å². The standard InChI is InChI=1S/C6H12Br2O/c1-2-6(3-7,4-8)5-9/h9H,2-5H2,1H3. The number of halogens is 2. The van der Waals surface area contributed by atoms with E-state index in [1.54, 1.807) is 0 Å². The van der Waals surface area contributed by atoms with Crippen LogP contribution in [0.3, 0.4) is 0 Å². The second-order valence-corrected chi connectivity index (χ2v) is 3.40. The van der Waals surface area contributed by atoms with Crippen LogP contribution in [0.2, 0.25) is 0 Å². The van der Waals surface area contributed by atoms with Crippen molar-refractivity contribution in [3.63, 3.8) is 0 Å². The molecule has 0 aliphatic rings. The monoisotopic (exact) mass is 258 g/mol. The zero-order chi connectivity index (χ0) is 7.33. The average molecular weight is 260 g/mol. The lowest BCUT2D eigenvalue weighted by molar-refractivity contribution is 0.166.